The average Bonchev–Trinajstić information content (AvgIpc) is 3.05. The van der Waals surface area contributed by atoms with Gasteiger partial charge in [-0.1, -0.05) is 11.8 Å². The van der Waals surface area contributed by atoms with Gasteiger partial charge in [0.1, 0.15) is 0 Å². The molecule has 4 nitrogen and oxygen atoms in total. The first kappa shape index (κ1) is 14.1. The van der Waals surface area contributed by atoms with E-state index in [4.69, 9.17) is 0 Å². The van der Waals surface area contributed by atoms with Crippen molar-refractivity contribution in [2.45, 2.75) is 28.7 Å². The zero-order valence-electron chi connectivity index (χ0n) is 11.6. The van der Waals surface area contributed by atoms with E-state index < -0.39 is 0 Å². The van der Waals surface area contributed by atoms with Crippen LogP contribution in [-0.2, 0) is 4.79 Å². The predicted octanol–water partition coefficient (Wildman–Crippen LogP) is 2.92. The molecule has 1 aliphatic rings. The summed E-state index contributed by atoms with van der Waals surface area (Å²) in [6.45, 7) is 0.930. The maximum atomic E-state index is 12.0. The lowest BCUT2D eigenvalue weighted by atomic mass is 10.2. The van der Waals surface area contributed by atoms with Crippen LogP contribution in [0.15, 0.2) is 58.6 Å². The second-order valence-corrected chi connectivity index (χ2v) is 6.09. The first-order valence-electron chi connectivity index (χ1n) is 7.03. The Balaban J connectivity index is 1.60. The first-order valence-corrected chi connectivity index (χ1v) is 7.85. The number of carbonyl (C=O) groups is 1. The molecule has 1 saturated heterocycles. The van der Waals surface area contributed by atoms with Crippen molar-refractivity contribution < 1.29 is 4.79 Å². The summed E-state index contributed by atoms with van der Waals surface area (Å²) in [5, 5.41) is 6.15. The highest BCUT2D eigenvalue weighted by Crippen LogP contribution is 2.27. The molecule has 1 amide bonds. The van der Waals surface area contributed by atoms with Gasteiger partial charge in [-0.05, 0) is 55.8 Å². The number of rotatable bonds is 4. The van der Waals surface area contributed by atoms with E-state index in [0.29, 0.717) is 0 Å². The van der Waals surface area contributed by atoms with E-state index in [0.717, 1.165) is 34.9 Å². The van der Waals surface area contributed by atoms with Crippen LogP contribution in [0.2, 0.25) is 0 Å². The molecule has 0 bridgehead atoms. The largest absolute Gasteiger partial charge is 0.325 e. The van der Waals surface area contributed by atoms with Gasteiger partial charge in [-0.15, -0.1) is 0 Å². The standard InChI is InChI=1S/C16H17N3OS/c20-16(15-2-1-9-18-15)19-12-3-5-13(6-4-12)21-14-7-10-17-11-8-14/h3-8,10-11,15,18H,1-2,9H2,(H,19,20). The molecular formula is C16H17N3OS. The van der Waals surface area contributed by atoms with E-state index in [1.807, 2.05) is 36.4 Å². The average molecular weight is 299 g/mol. The van der Waals surface area contributed by atoms with Gasteiger partial charge in [0.05, 0.1) is 6.04 Å². The van der Waals surface area contributed by atoms with Crippen LogP contribution in [0.3, 0.4) is 0 Å². The molecule has 0 spiro atoms. The predicted molar refractivity (Wildman–Crippen MR) is 84.5 cm³/mol. The molecule has 0 radical (unpaired) electrons. The van der Waals surface area contributed by atoms with Crippen molar-refractivity contribution in [3.8, 4) is 0 Å². The lowest BCUT2D eigenvalue weighted by Gasteiger charge is -2.11. The van der Waals surface area contributed by atoms with E-state index in [1.54, 1.807) is 24.2 Å². The van der Waals surface area contributed by atoms with Gasteiger partial charge in [-0.2, -0.15) is 0 Å². The van der Waals surface area contributed by atoms with Crippen molar-refractivity contribution in [1.29, 1.82) is 0 Å². The van der Waals surface area contributed by atoms with Crippen molar-refractivity contribution in [1.82, 2.24) is 10.3 Å². The summed E-state index contributed by atoms with van der Waals surface area (Å²) in [5.74, 6) is 0.0574. The summed E-state index contributed by atoms with van der Waals surface area (Å²) in [7, 11) is 0. The van der Waals surface area contributed by atoms with Crippen LogP contribution in [0.4, 0.5) is 5.69 Å². The molecule has 1 unspecified atom stereocenters. The molecule has 1 fully saturated rings. The Bertz CT molecular complexity index is 595. The van der Waals surface area contributed by atoms with Gasteiger partial charge in [-0.25, -0.2) is 0 Å². The van der Waals surface area contributed by atoms with Crippen LogP contribution in [0.25, 0.3) is 0 Å². The molecule has 2 aromatic rings. The number of hydrogen-bond acceptors (Lipinski definition) is 4. The van der Waals surface area contributed by atoms with Crippen LogP contribution in [0.5, 0.6) is 0 Å². The maximum absolute atomic E-state index is 12.0. The van der Waals surface area contributed by atoms with Gasteiger partial charge >= 0.3 is 0 Å². The van der Waals surface area contributed by atoms with Crippen molar-refractivity contribution >= 4 is 23.4 Å². The summed E-state index contributed by atoms with van der Waals surface area (Å²) < 4.78 is 0. The highest BCUT2D eigenvalue weighted by molar-refractivity contribution is 7.99. The number of amides is 1. The van der Waals surface area contributed by atoms with Crippen LogP contribution in [-0.4, -0.2) is 23.5 Å². The van der Waals surface area contributed by atoms with Crippen LogP contribution in [0.1, 0.15) is 12.8 Å². The van der Waals surface area contributed by atoms with Gasteiger partial charge in [0, 0.05) is 27.9 Å². The minimum absolute atomic E-state index is 0.0455. The minimum atomic E-state index is -0.0455. The molecule has 2 N–H and O–H groups in total. The van der Waals surface area contributed by atoms with E-state index >= 15 is 0 Å². The third-order valence-corrected chi connectivity index (χ3v) is 4.40. The normalized spacial score (nSPS) is 17.6. The third-order valence-electron chi connectivity index (χ3n) is 3.38. The lowest BCUT2D eigenvalue weighted by Crippen LogP contribution is -2.35. The highest BCUT2D eigenvalue weighted by Gasteiger charge is 2.21. The van der Waals surface area contributed by atoms with Gasteiger partial charge in [0.15, 0.2) is 0 Å². The summed E-state index contributed by atoms with van der Waals surface area (Å²) >= 11 is 1.68. The second-order valence-electron chi connectivity index (χ2n) is 4.95. The van der Waals surface area contributed by atoms with E-state index in [2.05, 4.69) is 15.6 Å². The Labute approximate surface area is 128 Å². The number of carbonyl (C=O) groups excluding carboxylic acids is 1. The Morgan fingerprint density at radius 2 is 1.86 bits per heavy atom. The quantitative estimate of drug-likeness (QED) is 0.911. The molecule has 108 valence electrons. The first-order chi connectivity index (χ1) is 10.3. The third kappa shape index (κ3) is 3.83. The van der Waals surface area contributed by atoms with Gasteiger partial charge in [-0.3, -0.25) is 9.78 Å². The molecule has 21 heavy (non-hydrogen) atoms. The topological polar surface area (TPSA) is 54.0 Å². The summed E-state index contributed by atoms with van der Waals surface area (Å²) in [4.78, 5) is 18.3. The molecule has 1 aromatic heterocycles. The molecule has 1 aromatic carbocycles. The Morgan fingerprint density at radius 3 is 2.52 bits per heavy atom. The number of nitrogens with one attached hydrogen (secondary N) is 2. The van der Waals surface area contributed by atoms with Gasteiger partial charge < -0.3 is 10.6 Å². The summed E-state index contributed by atoms with van der Waals surface area (Å²) in [5.41, 5.74) is 0.841. The van der Waals surface area contributed by atoms with Crippen LogP contribution < -0.4 is 10.6 Å². The Kier molecular flexibility index (Phi) is 4.52. The fourth-order valence-corrected chi connectivity index (χ4v) is 3.09. The number of nitrogens with zero attached hydrogens (tertiary/aromatic N) is 1. The molecule has 1 aliphatic heterocycles. The Morgan fingerprint density at radius 1 is 1.14 bits per heavy atom. The summed E-state index contributed by atoms with van der Waals surface area (Å²) in [6.07, 6.45) is 5.55. The molecule has 1 atom stereocenters. The summed E-state index contributed by atoms with van der Waals surface area (Å²) in [6, 6.07) is 11.8. The van der Waals surface area contributed by atoms with E-state index in [-0.39, 0.29) is 11.9 Å². The van der Waals surface area contributed by atoms with Crippen molar-refractivity contribution in [2.24, 2.45) is 0 Å². The molecule has 0 aliphatic carbocycles. The zero-order valence-corrected chi connectivity index (χ0v) is 12.4. The second kappa shape index (κ2) is 6.74. The molecule has 3 rings (SSSR count). The number of aromatic nitrogens is 1. The maximum Gasteiger partial charge on any atom is 0.241 e. The number of pyridine rings is 1. The van der Waals surface area contributed by atoms with Crippen molar-refractivity contribution in [3.05, 3.63) is 48.8 Å². The molecule has 5 heteroatoms. The van der Waals surface area contributed by atoms with Gasteiger partial charge in [0.2, 0.25) is 5.91 Å². The van der Waals surface area contributed by atoms with Crippen molar-refractivity contribution in [3.63, 3.8) is 0 Å². The fraction of sp³-hybridized carbons (Fsp3) is 0.250. The number of benzene rings is 1. The number of anilines is 1. The van der Waals surface area contributed by atoms with Gasteiger partial charge in [0.25, 0.3) is 0 Å². The highest BCUT2D eigenvalue weighted by atomic mass is 32.2. The molecule has 0 saturated carbocycles. The smallest absolute Gasteiger partial charge is 0.241 e. The molecular weight excluding hydrogens is 282 g/mol. The SMILES string of the molecule is O=C(Nc1ccc(Sc2ccncc2)cc1)C1CCCN1. The van der Waals surface area contributed by atoms with Crippen LogP contribution in [0, 0.1) is 0 Å². The van der Waals surface area contributed by atoms with Crippen molar-refractivity contribution in [2.75, 3.05) is 11.9 Å². The lowest BCUT2D eigenvalue weighted by molar-refractivity contribution is -0.117. The molecule has 2 heterocycles. The van der Waals surface area contributed by atoms with Crippen LogP contribution >= 0.6 is 11.8 Å². The van der Waals surface area contributed by atoms with E-state index in [1.165, 1.54) is 0 Å². The zero-order chi connectivity index (χ0) is 14.5. The minimum Gasteiger partial charge on any atom is -0.325 e. The fourth-order valence-electron chi connectivity index (χ4n) is 2.29. The Hall–Kier alpha value is -1.85. The monoisotopic (exact) mass is 299 g/mol. The van der Waals surface area contributed by atoms with E-state index in [9.17, 15) is 4.79 Å². The number of hydrogen-bond donors (Lipinski definition) is 2.